The highest BCUT2D eigenvalue weighted by atomic mass is 16.5. The lowest BCUT2D eigenvalue weighted by atomic mass is 10.1. The van der Waals surface area contributed by atoms with E-state index in [1.54, 1.807) is 0 Å². The molecular formula is C14H29N3O2. The number of carbonyl (C=O) groups is 1. The van der Waals surface area contributed by atoms with E-state index in [1.165, 1.54) is 7.11 Å². The third-order valence-electron chi connectivity index (χ3n) is 3.90. The number of hydrogen-bond acceptors (Lipinski definition) is 5. The maximum atomic E-state index is 11.8. The topological polar surface area (TPSA) is 44.8 Å². The quantitative estimate of drug-likeness (QED) is 0.685. The predicted octanol–water partition coefficient (Wildman–Crippen LogP) is 0.554. The van der Waals surface area contributed by atoms with Crippen molar-refractivity contribution in [2.75, 3.05) is 46.9 Å². The van der Waals surface area contributed by atoms with Crippen LogP contribution < -0.4 is 5.32 Å². The molecule has 1 aliphatic heterocycles. The van der Waals surface area contributed by atoms with Crippen LogP contribution in [0.15, 0.2) is 0 Å². The minimum absolute atomic E-state index is 0.152. The van der Waals surface area contributed by atoms with Crippen LogP contribution in [0.1, 0.15) is 26.7 Å². The van der Waals surface area contributed by atoms with Gasteiger partial charge in [-0.1, -0.05) is 13.8 Å². The molecule has 0 aromatic rings. The van der Waals surface area contributed by atoms with Gasteiger partial charge in [0.25, 0.3) is 0 Å². The van der Waals surface area contributed by atoms with Crippen LogP contribution in [0.2, 0.25) is 0 Å². The summed E-state index contributed by atoms with van der Waals surface area (Å²) >= 11 is 0. The van der Waals surface area contributed by atoms with Gasteiger partial charge >= 0.3 is 5.97 Å². The fourth-order valence-corrected chi connectivity index (χ4v) is 2.56. The van der Waals surface area contributed by atoms with Gasteiger partial charge in [0.2, 0.25) is 0 Å². The molecule has 0 saturated carbocycles. The highest BCUT2D eigenvalue weighted by molar-refractivity contribution is 5.75. The summed E-state index contributed by atoms with van der Waals surface area (Å²) in [4.78, 5) is 16.6. The van der Waals surface area contributed by atoms with Crippen LogP contribution in [0.25, 0.3) is 0 Å². The molecule has 0 radical (unpaired) electrons. The van der Waals surface area contributed by atoms with Crippen molar-refractivity contribution in [3.63, 3.8) is 0 Å². The first-order valence-corrected chi connectivity index (χ1v) is 7.36. The fraction of sp³-hybridized carbons (Fsp3) is 0.929. The third kappa shape index (κ3) is 5.09. The largest absolute Gasteiger partial charge is 0.468 e. The summed E-state index contributed by atoms with van der Waals surface area (Å²) in [6.45, 7) is 9.05. The molecule has 0 spiro atoms. The average molecular weight is 271 g/mol. The molecule has 0 aliphatic carbocycles. The molecule has 0 aromatic carbocycles. The van der Waals surface area contributed by atoms with Crippen LogP contribution >= 0.6 is 0 Å². The maximum absolute atomic E-state index is 11.8. The molecule has 2 atom stereocenters. The highest BCUT2D eigenvalue weighted by Crippen LogP contribution is 2.11. The number of likely N-dealkylation sites (N-methyl/N-ethyl adjacent to an activating group) is 1. The first-order chi connectivity index (χ1) is 9.12. The number of ether oxygens (including phenoxy) is 1. The van der Waals surface area contributed by atoms with E-state index >= 15 is 0 Å². The SMILES string of the molecule is CCCNC(CN1CCN(C)C(CC)C1)C(=O)OC. The lowest BCUT2D eigenvalue weighted by Gasteiger charge is -2.40. The number of nitrogens with one attached hydrogen (secondary N) is 1. The summed E-state index contributed by atoms with van der Waals surface area (Å²) in [5, 5.41) is 3.28. The van der Waals surface area contributed by atoms with Gasteiger partial charge in [0.15, 0.2) is 0 Å². The molecule has 1 fully saturated rings. The van der Waals surface area contributed by atoms with Gasteiger partial charge in [-0.05, 0) is 26.4 Å². The number of esters is 1. The van der Waals surface area contributed by atoms with Gasteiger partial charge in [-0.25, -0.2) is 0 Å². The van der Waals surface area contributed by atoms with Crippen molar-refractivity contribution in [3.05, 3.63) is 0 Å². The Labute approximate surface area is 117 Å². The van der Waals surface area contributed by atoms with Crippen molar-refractivity contribution in [1.82, 2.24) is 15.1 Å². The molecule has 19 heavy (non-hydrogen) atoms. The number of piperazine rings is 1. The van der Waals surface area contributed by atoms with Crippen molar-refractivity contribution < 1.29 is 9.53 Å². The monoisotopic (exact) mass is 271 g/mol. The maximum Gasteiger partial charge on any atom is 0.324 e. The van der Waals surface area contributed by atoms with Crippen molar-refractivity contribution in [2.24, 2.45) is 0 Å². The zero-order valence-electron chi connectivity index (χ0n) is 12.8. The molecule has 5 heteroatoms. The minimum Gasteiger partial charge on any atom is -0.468 e. The van der Waals surface area contributed by atoms with E-state index in [0.29, 0.717) is 6.04 Å². The first-order valence-electron chi connectivity index (χ1n) is 7.36. The molecule has 1 saturated heterocycles. The van der Waals surface area contributed by atoms with Crippen LogP contribution in [0.5, 0.6) is 0 Å². The Morgan fingerprint density at radius 1 is 1.42 bits per heavy atom. The summed E-state index contributed by atoms with van der Waals surface area (Å²) in [7, 11) is 3.64. The van der Waals surface area contributed by atoms with E-state index in [0.717, 1.165) is 45.6 Å². The van der Waals surface area contributed by atoms with Crippen molar-refractivity contribution >= 4 is 5.97 Å². The standard InChI is InChI=1S/C14H29N3O2/c1-5-7-15-13(14(18)19-4)11-17-9-8-16(3)12(6-2)10-17/h12-13,15H,5-11H2,1-4H3. The Kier molecular flexibility index (Phi) is 7.34. The zero-order valence-corrected chi connectivity index (χ0v) is 12.8. The molecule has 5 nitrogen and oxygen atoms in total. The van der Waals surface area contributed by atoms with Crippen LogP contribution in [0.3, 0.4) is 0 Å². The van der Waals surface area contributed by atoms with E-state index in [1.807, 2.05) is 0 Å². The third-order valence-corrected chi connectivity index (χ3v) is 3.90. The molecule has 1 heterocycles. The van der Waals surface area contributed by atoms with Gasteiger partial charge in [0, 0.05) is 32.2 Å². The molecule has 2 unspecified atom stereocenters. The average Bonchev–Trinajstić information content (AvgIpc) is 2.44. The molecule has 1 rings (SSSR count). The molecule has 1 aliphatic rings. The lowest BCUT2D eigenvalue weighted by Crippen LogP contribution is -2.55. The summed E-state index contributed by atoms with van der Waals surface area (Å²) < 4.78 is 4.89. The Hall–Kier alpha value is -0.650. The predicted molar refractivity (Wildman–Crippen MR) is 77.2 cm³/mol. The van der Waals surface area contributed by atoms with E-state index in [4.69, 9.17) is 4.74 Å². The zero-order chi connectivity index (χ0) is 14.3. The molecule has 0 bridgehead atoms. The normalized spacial score (nSPS) is 23.3. The number of carbonyl (C=O) groups excluding carboxylic acids is 1. The minimum atomic E-state index is -0.203. The molecular weight excluding hydrogens is 242 g/mol. The van der Waals surface area contributed by atoms with E-state index in [-0.39, 0.29) is 12.0 Å². The van der Waals surface area contributed by atoms with Crippen molar-refractivity contribution in [3.8, 4) is 0 Å². The lowest BCUT2D eigenvalue weighted by molar-refractivity contribution is -0.143. The second-order valence-electron chi connectivity index (χ2n) is 5.33. The van der Waals surface area contributed by atoms with Crippen LogP contribution in [-0.4, -0.2) is 74.7 Å². The number of hydrogen-bond donors (Lipinski definition) is 1. The van der Waals surface area contributed by atoms with Crippen LogP contribution in [0, 0.1) is 0 Å². The molecule has 0 aromatic heterocycles. The second-order valence-corrected chi connectivity index (χ2v) is 5.33. The van der Waals surface area contributed by atoms with Gasteiger partial charge in [0.05, 0.1) is 7.11 Å². The molecule has 1 N–H and O–H groups in total. The number of rotatable bonds is 7. The van der Waals surface area contributed by atoms with E-state index in [9.17, 15) is 4.79 Å². The number of nitrogens with zero attached hydrogens (tertiary/aromatic N) is 2. The van der Waals surface area contributed by atoms with Gasteiger partial charge < -0.3 is 15.0 Å². The summed E-state index contributed by atoms with van der Waals surface area (Å²) in [6, 6.07) is 0.393. The van der Waals surface area contributed by atoms with Crippen molar-refractivity contribution in [2.45, 2.75) is 38.8 Å². The van der Waals surface area contributed by atoms with Crippen LogP contribution in [0.4, 0.5) is 0 Å². The fourth-order valence-electron chi connectivity index (χ4n) is 2.56. The van der Waals surface area contributed by atoms with Gasteiger partial charge in [-0.15, -0.1) is 0 Å². The van der Waals surface area contributed by atoms with E-state index in [2.05, 4.69) is 36.0 Å². The number of methoxy groups -OCH3 is 1. The highest BCUT2D eigenvalue weighted by Gasteiger charge is 2.27. The molecule has 0 amide bonds. The first kappa shape index (κ1) is 16.4. The molecule has 112 valence electrons. The van der Waals surface area contributed by atoms with Gasteiger partial charge in [-0.2, -0.15) is 0 Å². The van der Waals surface area contributed by atoms with Gasteiger partial charge in [0.1, 0.15) is 6.04 Å². The summed E-state index contributed by atoms with van der Waals surface area (Å²) in [5.41, 5.74) is 0. The van der Waals surface area contributed by atoms with Crippen molar-refractivity contribution in [1.29, 1.82) is 0 Å². The Balaban J connectivity index is 2.51. The smallest absolute Gasteiger partial charge is 0.324 e. The summed E-state index contributed by atoms with van der Waals surface area (Å²) in [6.07, 6.45) is 2.17. The second kappa shape index (κ2) is 8.51. The van der Waals surface area contributed by atoms with E-state index < -0.39 is 0 Å². The summed E-state index contributed by atoms with van der Waals surface area (Å²) in [5.74, 6) is -0.152. The Bertz CT molecular complexity index is 273. The Morgan fingerprint density at radius 2 is 2.16 bits per heavy atom. The Morgan fingerprint density at radius 3 is 2.74 bits per heavy atom. The van der Waals surface area contributed by atoms with Crippen LogP contribution in [-0.2, 0) is 9.53 Å². The van der Waals surface area contributed by atoms with Gasteiger partial charge in [-0.3, -0.25) is 9.69 Å².